The van der Waals surface area contributed by atoms with Gasteiger partial charge in [0.05, 0.1) is 22.2 Å². The second kappa shape index (κ2) is 15.2. The van der Waals surface area contributed by atoms with Crippen molar-refractivity contribution in [2.45, 2.75) is 39.5 Å². The van der Waals surface area contributed by atoms with Gasteiger partial charge in [-0.1, -0.05) is 102 Å². The molecule has 7 aromatic carbocycles. The zero-order valence-electron chi connectivity index (χ0n) is 35.1. The van der Waals surface area contributed by atoms with Crippen molar-refractivity contribution in [3.05, 3.63) is 191 Å². The van der Waals surface area contributed by atoms with E-state index in [2.05, 4.69) is 210 Å². The van der Waals surface area contributed by atoms with Gasteiger partial charge in [-0.3, -0.25) is 0 Å². The molecule has 0 radical (unpaired) electrons. The Hall–Kier alpha value is -7.11. The van der Waals surface area contributed by atoms with Crippen molar-refractivity contribution in [1.29, 1.82) is 0 Å². The van der Waals surface area contributed by atoms with Gasteiger partial charge in [0, 0.05) is 65.1 Å². The maximum Gasteiger partial charge on any atom is 0.140 e. The van der Waals surface area contributed by atoms with Crippen LogP contribution in [0, 0.1) is 13.8 Å². The standard InChI is InChI=1S/C56H49N5/c1-38-16-25-45(26-17-38)60(46-27-18-39(2)19-28-46)47-29-31-48(32-30-47)61-52-14-6-4-12-49(52)50(55(61)44-36-42-10-8-34-59-35-9-11-43(37-44)54(42)59)33-22-40-20-23-41(24-21-40)56-57-51-13-5-7-15-53(51)58(56)3/h4-7,12-33,36-37H,8-11,34-35H2,1-3H3. The van der Waals surface area contributed by atoms with Crippen LogP contribution >= 0.6 is 0 Å². The molecule has 5 heteroatoms. The molecule has 4 heterocycles. The van der Waals surface area contributed by atoms with Gasteiger partial charge in [-0.2, -0.15) is 0 Å². The summed E-state index contributed by atoms with van der Waals surface area (Å²) in [7, 11) is 2.10. The zero-order valence-corrected chi connectivity index (χ0v) is 35.1. The monoisotopic (exact) mass is 791 g/mol. The minimum Gasteiger partial charge on any atom is -0.371 e. The molecule has 2 aliphatic heterocycles. The van der Waals surface area contributed by atoms with E-state index < -0.39 is 0 Å². The lowest BCUT2D eigenvalue weighted by Gasteiger charge is -2.37. The van der Waals surface area contributed by atoms with E-state index in [1.165, 1.54) is 68.5 Å². The lowest BCUT2D eigenvalue weighted by molar-refractivity contribution is 0.634. The van der Waals surface area contributed by atoms with E-state index in [4.69, 9.17) is 4.98 Å². The van der Waals surface area contributed by atoms with Crippen molar-refractivity contribution in [3.63, 3.8) is 0 Å². The fourth-order valence-electron chi connectivity index (χ4n) is 9.84. The SMILES string of the molecule is Cc1ccc(N(c2ccc(C)cc2)c2ccc(-n3c(-c4cc5c6c(c4)CCCN6CCC5)c(C=Cc4ccc(-c5nc6ccccc6n5C)cc4)c4ccccc43)cc2)cc1. The highest BCUT2D eigenvalue weighted by molar-refractivity contribution is 6.01. The number of aryl methyl sites for hydroxylation is 5. The predicted molar refractivity (Wildman–Crippen MR) is 257 cm³/mol. The molecule has 0 amide bonds. The maximum atomic E-state index is 4.96. The third-order valence-corrected chi connectivity index (χ3v) is 12.9. The van der Waals surface area contributed by atoms with Crippen LogP contribution in [0.1, 0.15) is 46.2 Å². The van der Waals surface area contributed by atoms with Crippen LogP contribution < -0.4 is 9.80 Å². The first-order valence-corrected chi connectivity index (χ1v) is 21.8. The molecule has 0 unspecified atom stereocenters. The number of imidazole rings is 1. The molecule has 298 valence electrons. The maximum absolute atomic E-state index is 4.96. The van der Waals surface area contributed by atoms with E-state index in [0.717, 1.165) is 76.7 Å². The number of rotatable bonds is 8. The molecule has 0 saturated carbocycles. The molecule has 2 aliphatic rings. The van der Waals surface area contributed by atoms with Gasteiger partial charge in [0.15, 0.2) is 0 Å². The Morgan fingerprint density at radius 2 is 1.15 bits per heavy atom. The molecule has 5 nitrogen and oxygen atoms in total. The Morgan fingerprint density at radius 3 is 1.77 bits per heavy atom. The van der Waals surface area contributed by atoms with Crippen LogP contribution in [0.5, 0.6) is 0 Å². The molecule has 2 aromatic heterocycles. The van der Waals surface area contributed by atoms with Gasteiger partial charge in [-0.25, -0.2) is 4.98 Å². The molecule has 0 spiro atoms. The van der Waals surface area contributed by atoms with Crippen LogP contribution in [-0.4, -0.2) is 27.2 Å². The number of aromatic nitrogens is 3. The molecular formula is C56H49N5. The molecule has 0 bridgehead atoms. The fourth-order valence-corrected chi connectivity index (χ4v) is 9.84. The molecule has 0 aliphatic carbocycles. The first kappa shape index (κ1) is 36.9. The molecule has 0 fully saturated rings. The Bertz CT molecular complexity index is 3010. The Morgan fingerprint density at radius 1 is 0.574 bits per heavy atom. The van der Waals surface area contributed by atoms with Crippen molar-refractivity contribution in [3.8, 4) is 28.3 Å². The second-order valence-electron chi connectivity index (χ2n) is 16.9. The minimum absolute atomic E-state index is 0.976. The molecular weight excluding hydrogens is 743 g/mol. The number of hydrogen-bond acceptors (Lipinski definition) is 3. The molecule has 0 atom stereocenters. The van der Waals surface area contributed by atoms with Gasteiger partial charge in [0.25, 0.3) is 0 Å². The molecule has 61 heavy (non-hydrogen) atoms. The fraction of sp³-hybridized carbons (Fsp3) is 0.161. The third-order valence-electron chi connectivity index (χ3n) is 12.9. The van der Waals surface area contributed by atoms with Crippen molar-refractivity contribution < 1.29 is 0 Å². The zero-order chi connectivity index (χ0) is 41.0. The highest BCUT2D eigenvalue weighted by atomic mass is 15.1. The number of nitrogens with zero attached hydrogens (tertiary/aromatic N) is 5. The average molecular weight is 792 g/mol. The van der Waals surface area contributed by atoms with Gasteiger partial charge >= 0.3 is 0 Å². The van der Waals surface area contributed by atoms with Gasteiger partial charge in [-0.15, -0.1) is 0 Å². The Labute approximate surface area is 358 Å². The third kappa shape index (κ3) is 6.62. The van der Waals surface area contributed by atoms with Crippen molar-refractivity contribution in [2.24, 2.45) is 7.05 Å². The summed E-state index contributed by atoms with van der Waals surface area (Å²) in [6.45, 7) is 6.62. The number of hydrogen-bond donors (Lipinski definition) is 0. The lowest BCUT2D eigenvalue weighted by Crippen LogP contribution is -2.34. The van der Waals surface area contributed by atoms with Crippen LogP contribution in [0.2, 0.25) is 0 Å². The quantitative estimate of drug-likeness (QED) is 0.153. The van der Waals surface area contributed by atoms with Crippen molar-refractivity contribution in [1.82, 2.24) is 14.1 Å². The second-order valence-corrected chi connectivity index (χ2v) is 16.9. The summed E-state index contributed by atoms with van der Waals surface area (Å²) in [6.07, 6.45) is 9.28. The summed E-state index contributed by atoms with van der Waals surface area (Å²) in [6, 6.07) is 57.9. The van der Waals surface area contributed by atoms with Crippen LogP contribution in [0.25, 0.3) is 62.4 Å². The normalized spacial score (nSPS) is 13.7. The summed E-state index contributed by atoms with van der Waals surface area (Å²) in [4.78, 5) is 9.95. The van der Waals surface area contributed by atoms with E-state index in [1.54, 1.807) is 0 Å². The van der Waals surface area contributed by atoms with Crippen LogP contribution in [0.4, 0.5) is 22.7 Å². The Balaban J connectivity index is 1.05. The highest BCUT2D eigenvalue weighted by Gasteiger charge is 2.27. The first-order valence-electron chi connectivity index (χ1n) is 21.8. The average Bonchev–Trinajstić information content (AvgIpc) is 3.82. The van der Waals surface area contributed by atoms with Gasteiger partial charge in [-0.05, 0) is 141 Å². The summed E-state index contributed by atoms with van der Waals surface area (Å²) >= 11 is 0. The molecule has 0 N–H and O–H groups in total. The number of fused-ring (bicyclic) bond motifs is 2. The largest absolute Gasteiger partial charge is 0.371 e. The Kier molecular flexibility index (Phi) is 9.18. The van der Waals surface area contributed by atoms with Crippen LogP contribution in [0.15, 0.2) is 158 Å². The minimum atomic E-state index is 0.976. The van der Waals surface area contributed by atoms with Gasteiger partial charge in [0.1, 0.15) is 5.82 Å². The number of anilines is 4. The van der Waals surface area contributed by atoms with E-state index >= 15 is 0 Å². The predicted octanol–water partition coefficient (Wildman–Crippen LogP) is 13.8. The summed E-state index contributed by atoms with van der Waals surface area (Å²) in [5, 5.41) is 1.24. The molecule has 11 rings (SSSR count). The van der Waals surface area contributed by atoms with Crippen LogP contribution in [0.3, 0.4) is 0 Å². The van der Waals surface area contributed by atoms with Gasteiger partial charge < -0.3 is 18.9 Å². The van der Waals surface area contributed by atoms with E-state index in [9.17, 15) is 0 Å². The first-order chi connectivity index (χ1) is 30.0. The molecule has 9 aromatic rings. The summed E-state index contributed by atoms with van der Waals surface area (Å²) in [5.74, 6) is 0.976. The van der Waals surface area contributed by atoms with E-state index in [1.807, 2.05) is 0 Å². The smallest absolute Gasteiger partial charge is 0.140 e. The number of benzene rings is 7. The molecule has 0 saturated heterocycles. The summed E-state index contributed by atoms with van der Waals surface area (Å²) < 4.78 is 4.69. The van der Waals surface area contributed by atoms with Gasteiger partial charge in [0.2, 0.25) is 0 Å². The highest BCUT2D eigenvalue weighted by Crippen LogP contribution is 2.44. The number of para-hydroxylation sites is 3. The van der Waals surface area contributed by atoms with Crippen molar-refractivity contribution >= 4 is 56.8 Å². The summed E-state index contributed by atoms with van der Waals surface area (Å²) in [5.41, 5.74) is 20.9. The van der Waals surface area contributed by atoms with E-state index in [0.29, 0.717) is 0 Å². The topological polar surface area (TPSA) is 29.2 Å². The van der Waals surface area contributed by atoms with Crippen molar-refractivity contribution in [2.75, 3.05) is 22.9 Å². The van der Waals surface area contributed by atoms with E-state index in [-0.39, 0.29) is 0 Å². The lowest BCUT2D eigenvalue weighted by atomic mass is 9.88. The van der Waals surface area contributed by atoms with Crippen LogP contribution in [-0.2, 0) is 19.9 Å².